The summed E-state index contributed by atoms with van der Waals surface area (Å²) in [6.07, 6.45) is 0. The molecule has 13 heavy (non-hydrogen) atoms. The Kier molecular flexibility index (Phi) is 2.18. The van der Waals surface area contributed by atoms with E-state index in [1.807, 2.05) is 0 Å². The van der Waals surface area contributed by atoms with Gasteiger partial charge in [-0.25, -0.2) is 0 Å². The van der Waals surface area contributed by atoms with Gasteiger partial charge in [-0.3, -0.25) is 9.69 Å². The van der Waals surface area contributed by atoms with E-state index in [0.29, 0.717) is 11.6 Å². The number of nitrogens with one attached hydrogen (secondary N) is 1. The number of nitrogens with two attached hydrogens (primary N) is 1. The molecule has 0 saturated heterocycles. The van der Waals surface area contributed by atoms with Crippen LogP contribution >= 0.6 is 0 Å². The topological polar surface area (TPSA) is 61.6 Å². The average molecular weight is 182 g/mol. The number of likely N-dealkylation sites (N-methyl/N-ethyl adjacent to an activating group) is 1. The summed E-state index contributed by atoms with van der Waals surface area (Å²) >= 11 is 0. The lowest BCUT2D eigenvalue weighted by atomic mass is 10.3. The predicted octanol–water partition coefficient (Wildman–Crippen LogP) is -0.791. The fourth-order valence-corrected chi connectivity index (χ4v) is 1.24. The minimum atomic E-state index is -0.229. The van der Waals surface area contributed by atoms with Crippen LogP contribution in [0.3, 0.4) is 0 Å². The molecular weight excluding hydrogens is 168 g/mol. The summed E-state index contributed by atoms with van der Waals surface area (Å²) in [5.41, 5.74) is 5.83. The summed E-state index contributed by atoms with van der Waals surface area (Å²) in [7, 11) is 5.15. The number of rotatable bonds is 1. The second-order valence-corrected chi connectivity index (χ2v) is 2.85. The number of hydrogen-bond donors (Lipinski definition) is 2. The van der Waals surface area contributed by atoms with Crippen molar-refractivity contribution in [2.75, 3.05) is 21.1 Å². The quantitative estimate of drug-likeness (QED) is 0.558. The van der Waals surface area contributed by atoms with Gasteiger partial charge in [-0.2, -0.15) is 0 Å². The summed E-state index contributed by atoms with van der Waals surface area (Å²) in [4.78, 5) is 14.6. The van der Waals surface area contributed by atoms with Crippen LogP contribution in [-0.4, -0.2) is 36.9 Å². The van der Waals surface area contributed by atoms with E-state index in [1.54, 1.807) is 26.0 Å². The first-order valence-electron chi connectivity index (χ1n) is 3.89. The van der Waals surface area contributed by atoms with Crippen LogP contribution in [0.15, 0.2) is 23.9 Å². The average Bonchev–Trinajstić information content (AvgIpc) is 2.13. The van der Waals surface area contributed by atoms with Gasteiger partial charge in [0.2, 0.25) is 0 Å². The van der Waals surface area contributed by atoms with Crippen molar-refractivity contribution in [1.82, 2.24) is 15.1 Å². The molecule has 0 bridgehead atoms. The van der Waals surface area contributed by atoms with Crippen LogP contribution in [-0.2, 0) is 4.79 Å². The standard InChI is InChI=1S/C8H14N4O/c1-5-11(3)7(10-2)6(9)8(13)12(5)4/h10H,1,9H2,2-4H3. The SMILES string of the molecule is C=C1N(C)C(=O)C(N)=C(NC)N1C. The smallest absolute Gasteiger partial charge is 0.278 e. The maximum absolute atomic E-state index is 11.5. The lowest BCUT2D eigenvalue weighted by molar-refractivity contribution is -0.126. The highest BCUT2D eigenvalue weighted by Crippen LogP contribution is 2.18. The van der Waals surface area contributed by atoms with E-state index in [9.17, 15) is 4.79 Å². The van der Waals surface area contributed by atoms with Gasteiger partial charge in [0.25, 0.3) is 5.91 Å². The van der Waals surface area contributed by atoms with Crippen molar-refractivity contribution in [3.8, 4) is 0 Å². The largest absolute Gasteiger partial charge is 0.391 e. The Morgan fingerprint density at radius 2 is 1.92 bits per heavy atom. The van der Waals surface area contributed by atoms with E-state index < -0.39 is 0 Å². The van der Waals surface area contributed by atoms with Crippen molar-refractivity contribution in [3.63, 3.8) is 0 Å². The van der Waals surface area contributed by atoms with E-state index in [0.717, 1.165) is 0 Å². The van der Waals surface area contributed by atoms with Crippen molar-refractivity contribution >= 4 is 5.91 Å². The molecule has 0 radical (unpaired) electrons. The van der Waals surface area contributed by atoms with Gasteiger partial charge in [-0.1, -0.05) is 6.58 Å². The molecule has 0 unspecified atom stereocenters. The number of nitrogens with zero attached hydrogens (tertiary/aromatic N) is 2. The van der Waals surface area contributed by atoms with Gasteiger partial charge in [-0.15, -0.1) is 0 Å². The molecule has 72 valence electrons. The molecule has 0 atom stereocenters. The molecule has 0 spiro atoms. The molecule has 3 N–H and O–H groups in total. The van der Waals surface area contributed by atoms with Gasteiger partial charge >= 0.3 is 0 Å². The second-order valence-electron chi connectivity index (χ2n) is 2.85. The molecule has 0 aromatic rings. The first-order chi connectivity index (χ1) is 6.00. The Hall–Kier alpha value is -1.65. The molecule has 1 aliphatic rings. The molecule has 0 aliphatic carbocycles. The van der Waals surface area contributed by atoms with Crippen LogP contribution in [0, 0.1) is 0 Å². The Balaban J connectivity index is 3.18. The van der Waals surface area contributed by atoms with Crippen LogP contribution < -0.4 is 11.1 Å². The lowest BCUT2D eigenvalue weighted by Crippen LogP contribution is -2.46. The minimum absolute atomic E-state index is 0.208. The van der Waals surface area contributed by atoms with E-state index in [-0.39, 0.29) is 11.6 Å². The van der Waals surface area contributed by atoms with Crippen LogP contribution in [0.2, 0.25) is 0 Å². The zero-order chi connectivity index (χ0) is 10.2. The Morgan fingerprint density at radius 1 is 1.38 bits per heavy atom. The molecule has 0 fully saturated rings. The summed E-state index contributed by atoms with van der Waals surface area (Å²) in [5, 5.41) is 2.86. The van der Waals surface area contributed by atoms with Crippen molar-refractivity contribution in [2.24, 2.45) is 5.73 Å². The summed E-state index contributed by atoms with van der Waals surface area (Å²) in [6.45, 7) is 3.76. The molecule has 5 nitrogen and oxygen atoms in total. The van der Waals surface area contributed by atoms with E-state index in [2.05, 4.69) is 11.9 Å². The summed E-state index contributed by atoms with van der Waals surface area (Å²) < 4.78 is 0. The van der Waals surface area contributed by atoms with Gasteiger partial charge in [0.15, 0.2) is 0 Å². The molecule has 0 aromatic carbocycles. The summed E-state index contributed by atoms with van der Waals surface area (Å²) in [6, 6.07) is 0. The molecule has 1 rings (SSSR count). The van der Waals surface area contributed by atoms with Gasteiger partial charge < -0.3 is 16.0 Å². The highest BCUT2D eigenvalue weighted by molar-refractivity contribution is 5.95. The number of hydrogen-bond acceptors (Lipinski definition) is 4. The van der Waals surface area contributed by atoms with E-state index in [1.165, 1.54) is 4.90 Å². The zero-order valence-electron chi connectivity index (χ0n) is 8.09. The Bertz CT molecular complexity index is 295. The normalized spacial score (nSPS) is 18.4. The van der Waals surface area contributed by atoms with Crippen LogP contribution in [0.5, 0.6) is 0 Å². The maximum atomic E-state index is 11.5. The summed E-state index contributed by atoms with van der Waals surface area (Å²) in [5.74, 6) is 0.962. The van der Waals surface area contributed by atoms with E-state index in [4.69, 9.17) is 5.73 Å². The van der Waals surface area contributed by atoms with Crippen LogP contribution in [0.4, 0.5) is 0 Å². The highest BCUT2D eigenvalue weighted by Gasteiger charge is 2.28. The van der Waals surface area contributed by atoms with Crippen molar-refractivity contribution in [3.05, 3.63) is 23.9 Å². The van der Waals surface area contributed by atoms with Crippen molar-refractivity contribution in [1.29, 1.82) is 0 Å². The van der Waals surface area contributed by atoms with Crippen LogP contribution in [0.25, 0.3) is 0 Å². The molecule has 1 amide bonds. The van der Waals surface area contributed by atoms with Crippen LogP contribution in [0.1, 0.15) is 0 Å². The number of amides is 1. The van der Waals surface area contributed by atoms with Gasteiger partial charge in [-0.05, 0) is 0 Å². The van der Waals surface area contributed by atoms with Gasteiger partial charge in [0.05, 0.1) is 0 Å². The molecule has 0 saturated carbocycles. The fraction of sp³-hybridized carbons (Fsp3) is 0.375. The Morgan fingerprint density at radius 3 is 2.38 bits per heavy atom. The monoisotopic (exact) mass is 182 g/mol. The first kappa shape index (κ1) is 9.44. The number of carbonyl (C=O) groups excluding carboxylic acids is 1. The lowest BCUT2D eigenvalue weighted by Gasteiger charge is -2.35. The fourth-order valence-electron chi connectivity index (χ4n) is 1.24. The minimum Gasteiger partial charge on any atom is -0.391 e. The third-order valence-corrected chi connectivity index (χ3v) is 2.14. The molecular formula is C8H14N4O. The van der Waals surface area contributed by atoms with Gasteiger partial charge in [0.1, 0.15) is 17.3 Å². The van der Waals surface area contributed by atoms with Gasteiger partial charge in [0, 0.05) is 21.1 Å². The highest BCUT2D eigenvalue weighted by atomic mass is 16.2. The molecule has 1 aliphatic heterocycles. The zero-order valence-corrected chi connectivity index (χ0v) is 8.09. The van der Waals surface area contributed by atoms with E-state index >= 15 is 0 Å². The first-order valence-corrected chi connectivity index (χ1v) is 3.89. The Labute approximate surface area is 77.5 Å². The molecule has 1 heterocycles. The predicted molar refractivity (Wildman–Crippen MR) is 49.9 cm³/mol. The third kappa shape index (κ3) is 1.22. The molecule has 0 aromatic heterocycles. The molecule has 5 heteroatoms. The van der Waals surface area contributed by atoms with Crippen molar-refractivity contribution < 1.29 is 4.79 Å². The third-order valence-electron chi connectivity index (χ3n) is 2.14. The number of carbonyl (C=O) groups is 1. The maximum Gasteiger partial charge on any atom is 0.278 e. The van der Waals surface area contributed by atoms with Crippen molar-refractivity contribution in [2.45, 2.75) is 0 Å². The second kappa shape index (κ2) is 3.01.